The summed E-state index contributed by atoms with van der Waals surface area (Å²) in [7, 11) is 1.95. The van der Waals surface area contributed by atoms with E-state index in [0.29, 0.717) is 21.7 Å². The number of halogens is 2. The number of likely N-dealkylation sites (N-methyl/N-ethyl adjacent to an activating group) is 2. The summed E-state index contributed by atoms with van der Waals surface area (Å²) in [6, 6.07) is 13.4. The van der Waals surface area contributed by atoms with Crippen molar-refractivity contribution in [1.29, 1.82) is 0 Å². The fraction of sp³-hybridized carbons (Fsp3) is 0.316. The van der Waals surface area contributed by atoms with E-state index in [-0.39, 0.29) is 6.10 Å². The minimum atomic E-state index is 0.0255. The molecule has 138 valence electrons. The number of thiocarbonyl (C=S) groups is 1. The van der Waals surface area contributed by atoms with Crippen LogP contribution in [0.5, 0.6) is 5.75 Å². The lowest BCUT2D eigenvalue weighted by atomic mass is 10.2. The normalized spacial score (nSPS) is 15.8. The Hall–Kier alpha value is -1.69. The van der Waals surface area contributed by atoms with Crippen LogP contribution in [0.4, 0.5) is 11.4 Å². The van der Waals surface area contributed by atoms with Crippen LogP contribution in [0.2, 0.25) is 10.0 Å². The second-order valence-corrected chi connectivity index (χ2v) is 7.47. The molecule has 26 heavy (non-hydrogen) atoms. The Labute approximate surface area is 169 Å². The van der Waals surface area contributed by atoms with Crippen LogP contribution in [-0.2, 0) is 0 Å². The molecule has 0 radical (unpaired) electrons. The van der Waals surface area contributed by atoms with E-state index >= 15 is 0 Å². The minimum Gasteiger partial charge on any atom is -0.485 e. The highest BCUT2D eigenvalue weighted by molar-refractivity contribution is 7.80. The first kappa shape index (κ1) is 19.1. The average molecular weight is 410 g/mol. The van der Waals surface area contributed by atoms with Gasteiger partial charge in [0.25, 0.3) is 0 Å². The van der Waals surface area contributed by atoms with Crippen LogP contribution in [0.1, 0.15) is 6.92 Å². The molecule has 0 bridgehead atoms. The molecule has 3 rings (SSSR count). The van der Waals surface area contributed by atoms with Gasteiger partial charge in [-0.25, -0.2) is 0 Å². The highest BCUT2D eigenvalue weighted by atomic mass is 35.5. The predicted molar refractivity (Wildman–Crippen MR) is 114 cm³/mol. The molecular weight excluding hydrogens is 389 g/mol. The Morgan fingerprint density at radius 1 is 1.27 bits per heavy atom. The van der Waals surface area contributed by atoms with Crippen molar-refractivity contribution in [3.63, 3.8) is 0 Å². The van der Waals surface area contributed by atoms with Crippen LogP contribution in [0.15, 0.2) is 42.5 Å². The van der Waals surface area contributed by atoms with E-state index in [4.69, 9.17) is 40.2 Å². The van der Waals surface area contributed by atoms with Crippen molar-refractivity contribution >= 4 is 51.9 Å². The van der Waals surface area contributed by atoms with E-state index in [1.165, 1.54) is 0 Å². The number of fused-ring (bicyclic) bond motifs is 1. The number of rotatable bonds is 4. The Morgan fingerprint density at radius 2 is 1.96 bits per heavy atom. The van der Waals surface area contributed by atoms with E-state index in [9.17, 15) is 0 Å². The molecule has 0 aromatic heterocycles. The van der Waals surface area contributed by atoms with Crippen molar-refractivity contribution < 1.29 is 4.74 Å². The first-order chi connectivity index (χ1) is 12.5. The number of para-hydroxylation sites is 2. The van der Waals surface area contributed by atoms with Gasteiger partial charge in [0.2, 0.25) is 0 Å². The maximum absolute atomic E-state index is 6.16. The smallest absolute Gasteiger partial charge is 0.173 e. The number of hydrogen-bond acceptors (Lipinski definition) is 3. The number of anilines is 2. The van der Waals surface area contributed by atoms with Crippen LogP contribution in [0.3, 0.4) is 0 Å². The largest absolute Gasteiger partial charge is 0.485 e. The molecule has 1 atom stereocenters. The van der Waals surface area contributed by atoms with Gasteiger partial charge in [0, 0.05) is 29.3 Å². The Bertz CT molecular complexity index is 782. The molecule has 0 amide bonds. The molecule has 0 aliphatic carbocycles. The van der Waals surface area contributed by atoms with Gasteiger partial charge in [-0.1, -0.05) is 35.3 Å². The lowest BCUT2D eigenvalue weighted by Crippen LogP contribution is -2.47. The van der Waals surface area contributed by atoms with E-state index in [1.807, 2.05) is 30.1 Å². The molecule has 2 aromatic carbocycles. The summed E-state index contributed by atoms with van der Waals surface area (Å²) in [4.78, 5) is 4.29. The molecule has 0 saturated carbocycles. The van der Waals surface area contributed by atoms with Crippen LogP contribution in [-0.4, -0.2) is 42.8 Å². The lowest BCUT2D eigenvalue weighted by molar-refractivity contribution is 0.169. The molecular formula is C19H21Cl2N3OS. The van der Waals surface area contributed by atoms with Crippen LogP contribution in [0.25, 0.3) is 0 Å². The van der Waals surface area contributed by atoms with Crippen molar-refractivity contribution in [2.75, 3.05) is 36.9 Å². The maximum atomic E-state index is 6.16. The van der Waals surface area contributed by atoms with Crippen LogP contribution in [0, 0.1) is 0 Å². The van der Waals surface area contributed by atoms with Gasteiger partial charge in [0.15, 0.2) is 5.11 Å². The van der Waals surface area contributed by atoms with E-state index in [1.54, 1.807) is 18.2 Å². The van der Waals surface area contributed by atoms with Gasteiger partial charge in [-0.05, 0) is 49.5 Å². The van der Waals surface area contributed by atoms with Gasteiger partial charge in [0.05, 0.1) is 18.8 Å². The predicted octanol–water partition coefficient (Wildman–Crippen LogP) is 4.91. The number of ether oxygens (including phenoxy) is 1. The van der Waals surface area contributed by atoms with Gasteiger partial charge in [-0.15, -0.1) is 0 Å². The fourth-order valence-corrected chi connectivity index (χ4v) is 3.73. The van der Waals surface area contributed by atoms with E-state index in [0.717, 1.165) is 30.2 Å². The van der Waals surface area contributed by atoms with E-state index < -0.39 is 0 Å². The lowest BCUT2D eigenvalue weighted by Gasteiger charge is -2.37. The zero-order valence-electron chi connectivity index (χ0n) is 14.7. The Kier molecular flexibility index (Phi) is 6.12. The van der Waals surface area contributed by atoms with Crippen LogP contribution >= 0.6 is 35.4 Å². The second kappa shape index (κ2) is 8.33. The zero-order chi connectivity index (χ0) is 18.7. The molecule has 1 N–H and O–H groups in total. The fourth-order valence-electron chi connectivity index (χ4n) is 3.01. The molecule has 4 nitrogen and oxygen atoms in total. The molecule has 2 aromatic rings. The molecule has 1 aliphatic heterocycles. The summed E-state index contributed by atoms with van der Waals surface area (Å²) in [5.74, 6) is 0.916. The third-order valence-corrected chi connectivity index (χ3v) is 5.09. The number of nitrogens with one attached hydrogen (secondary N) is 1. The highest BCUT2D eigenvalue weighted by Crippen LogP contribution is 2.33. The quantitative estimate of drug-likeness (QED) is 0.724. The van der Waals surface area contributed by atoms with Crippen LogP contribution < -0.4 is 15.0 Å². The molecule has 0 spiro atoms. The standard InChI is InChI=1S/C19H21Cl2N3OS/c1-3-24-12-16(25-18-7-5-4-6-17(18)24)11-23(2)19(26)22-15-9-13(20)8-14(21)10-15/h4-10,16H,3,11-12H2,1-2H3,(H,22,26)/t16-/m0/s1. The number of nitrogens with zero attached hydrogens (tertiary/aromatic N) is 2. The molecule has 1 heterocycles. The first-order valence-corrected chi connectivity index (χ1v) is 9.61. The van der Waals surface area contributed by atoms with E-state index in [2.05, 4.69) is 23.2 Å². The summed E-state index contributed by atoms with van der Waals surface area (Å²) in [5.41, 5.74) is 1.91. The average Bonchev–Trinajstić information content (AvgIpc) is 2.60. The summed E-state index contributed by atoms with van der Waals surface area (Å²) in [5, 5.41) is 4.90. The van der Waals surface area contributed by atoms with Gasteiger partial charge >= 0.3 is 0 Å². The minimum absolute atomic E-state index is 0.0255. The summed E-state index contributed by atoms with van der Waals surface area (Å²) in [6.45, 7) is 4.58. The van der Waals surface area contributed by atoms with Gasteiger partial charge in [0.1, 0.15) is 11.9 Å². The SMILES string of the molecule is CCN1C[C@H](CN(C)C(=S)Nc2cc(Cl)cc(Cl)c2)Oc2ccccc21. The molecule has 1 aliphatic rings. The Morgan fingerprint density at radius 3 is 2.65 bits per heavy atom. The van der Waals surface area contributed by atoms with Gasteiger partial charge in [-0.3, -0.25) is 0 Å². The molecule has 7 heteroatoms. The molecule has 0 saturated heterocycles. The highest BCUT2D eigenvalue weighted by Gasteiger charge is 2.26. The third kappa shape index (κ3) is 4.53. The van der Waals surface area contributed by atoms with Crippen molar-refractivity contribution in [3.8, 4) is 5.75 Å². The zero-order valence-corrected chi connectivity index (χ0v) is 17.0. The third-order valence-electron chi connectivity index (χ3n) is 4.24. The molecule has 0 unspecified atom stereocenters. The topological polar surface area (TPSA) is 27.7 Å². The van der Waals surface area contributed by atoms with Gasteiger partial charge in [-0.2, -0.15) is 0 Å². The van der Waals surface area contributed by atoms with Gasteiger partial charge < -0.3 is 19.9 Å². The Balaban J connectivity index is 1.64. The summed E-state index contributed by atoms with van der Waals surface area (Å²) < 4.78 is 6.16. The van der Waals surface area contributed by atoms with Crippen molar-refractivity contribution in [2.45, 2.75) is 13.0 Å². The van der Waals surface area contributed by atoms with Crippen molar-refractivity contribution in [1.82, 2.24) is 4.90 Å². The summed E-state index contributed by atoms with van der Waals surface area (Å²) >= 11 is 17.6. The second-order valence-electron chi connectivity index (χ2n) is 6.22. The summed E-state index contributed by atoms with van der Waals surface area (Å²) in [6.07, 6.45) is 0.0255. The van der Waals surface area contributed by atoms with Crippen molar-refractivity contribution in [2.24, 2.45) is 0 Å². The van der Waals surface area contributed by atoms with Crippen molar-refractivity contribution in [3.05, 3.63) is 52.5 Å². The maximum Gasteiger partial charge on any atom is 0.173 e. The number of benzene rings is 2. The monoisotopic (exact) mass is 409 g/mol. The molecule has 0 fully saturated rings. The number of hydrogen-bond donors (Lipinski definition) is 1. The first-order valence-electron chi connectivity index (χ1n) is 8.45.